The van der Waals surface area contributed by atoms with Crippen LogP contribution in [0.4, 0.5) is 0 Å². The summed E-state index contributed by atoms with van der Waals surface area (Å²) in [5.41, 5.74) is 0. The maximum Gasteiger partial charge on any atom is 0.136 e. The standard InChI is InChI=1S/C10H14O2/c11-9-3-1-2-7-6-8(9)4-5-10(7)12/h7-8H,1-6H2. The fourth-order valence-electron chi connectivity index (χ4n) is 2.41. The largest absolute Gasteiger partial charge is 0.299 e. The highest BCUT2D eigenvalue weighted by molar-refractivity contribution is 5.87. The molecule has 66 valence electrons. The summed E-state index contributed by atoms with van der Waals surface area (Å²) in [6.07, 6.45) is 4.95. The molecule has 2 fully saturated rings. The first-order valence-electron chi connectivity index (χ1n) is 4.83. The van der Waals surface area contributed by atoms with E-state index in [2.05, 4.69) is 0 Å². The van der Waals surface area contributed by atoms with Gasteiger partial charge in [-0.3, -0.25) is 9.59 Å². The average Bonchev–Trinajstić information content (AvgIpc) is 2.21. The summed E-state index contributed by atoms with van der Waals surface area (Å²) in [5.74, 6) is 1.27. The van der Waals surface area contributed by atoms with E-state index < -0.39 is 0 Å². The van der Waals surface area contributed by atoms with Crippen LogP contribution < -0.4 is 0 Å². The lowest BCUT2D eigenvalue weighted by molar-refractivity contribution is -0.128. The minimum Gasteiger partial charge on any atom is -0.299 e. The lowest BCUT2D eigenvalue weighted by atomic mass is 9.79. The van der Waals surface area contributed by atoms with Crippen LogP contribution in [0.3, 0.4) is 0 Å². The molecule has 0 amide bonds. The van der Waals surface area contributed by atoms with Crippen molar-refractivity contribution in [3.63, 3.8) is 0 Å². The molecule has 2 bridgehead atoms. The van der Waals surface area contributed by atoms with E-state index in [0.29, 0.717) is 24.4 Å². The van der Waals surface area contributed by atoms with Gasteiger partial charge in [0.2, 0.25) is 0 Å². The average molecular weight is 166 g/mol. The Morgan fingerprint density at radius 2 is 1.58 bits per heavy atom. The number of hydrogen-bond acceptors (Lipinski definition) is 2. The minimum atomic E-state index is 0.232. The highest BCUT2D eigenvalue weighted by atomic mass is 16.1. The van der Waals surface area contributed by atoms with Gasteiger partial charge < -0.3 is 0 Å². The lowest BCUT2D eigenvalue weighted by Crippen LogP contribution is -2.26. The summed E-state index contributed by atoms with van der Waals surface area (Å²) in [6.45, 7) is 0. The van der Waals surface area contributed by atoms with Crippen LogP contribution >= 0.6 is 0 Å². The molecule has 0 N–H and O–H groups in total. The molecule has 0 spiro atoms. The van der Waals surface area contributed by atoms with Crippen molar-refractivity contribution < 1.29 is 9.59 Å². The Bertz CT molecular complexity index is 220. The summed E-state index contributed by atoms with van der Waals surface area (Å²) in [7, 11) is 0. The number of Topliss-reactive ketones (excluding diaryl/α,β-unsaturated/α-hetero) is 2. The van der Waals surface area contributed by atoms with Gasteiger partial charge in [0.15, 0.2) is 0 Å². The molecule has 12 heavy (non-hydrogen) atoms. The Kier molecular flexibility index (Phi) is 1.99. The number of hydrogen-bond donors (Lipinski definition) is 0. The summed E-state index contributed by atoms with van der Waals surface area (Å²) < 4.78 is 0. The fraction of sp³-hybridized carbons (Fsp3) is 0.800. The van der Waals surface area contributed by atoms with E-state index in [1.165, 1.54) is 0 Å². The monoisotopic (exact) mass is 166 g/mol. The van der Waals surface area contributed by atoms with E-state index in [9.17, 15) is 9.59 Å². The van der Waals surface area contributed by atoms with E-state index >= 15 is 0 Å². The van der Waals surface area contributed by atoms with E-state index in [1.54, 1.807) is 0 Å². The van der Waals surface area contributed by atoms with Crippen molar-refractivity contribution in [3.05, 3.63) is 0 Å². The zero-order chi connectivity index (χ0) is 8.55. The predicted octanol–water partition coefficient (Wildman–Crippen LogP) is 1.72. The van der Waals surface area contributed by atoms with E-state index in [4.69, 9.17) is 0 Å². The third kappa shape index (κ3) is 1.30. The van der Waals surface area contributed by atoms with Crippen molar-refractivity contribution >= 4 is 11.6 Å². The molecule has 2 heteroatoms. The number of carbonyl (C=O) groups is 2. The Balaban J connectivity index is 2.15. The van der Waals surface area contributed by atoms with Crippen molar-refractivity contribution in [2.24, 2.45) is 11.8 Å². The predicted molar refractivity (Wildman–Crippen MR) is 44.7 cm³/mol. The van der Waals surface area contributed by atoms with Gasteiger partial charge in [-0.2, -0.15) is 0 Å². The topological polar surface area (TPSA) is 34.1 Å². The molecular formula is C10H14O2. The van der Waals surface area contributed by atoms with Crippen molar-refractivity contribution in [1.29, 1.82) is 0 Å². The van der Waals surface area contributed by atoms with Crippen LogP contribution in [-0.4, -0.2) is 11.6 Å². The molecule has 2 aliphatic carbocycles. The van der Waals surface area contributed by atoms with Gasteiger partial charge in [0.1, 0.15) is 11.6 Å². The SMILES string of the molecule is O=C1CCC2CC1CCCC2=O. The Morgan fingerprint density at radius 1 is 0.917 bits per heavy atom. The van der Waals surface area contributed by atoms with Crippen LogP contribution in [0, 0.1) is 11.8 Å². The first-order valence-corrected chi connectivity index (χ1v) is 4.83. The maximum absolute atomic E-state index is 11.4. The molecule has 0 aromatic carbocycles. The van der Waals surface area contributed by atoms with Crippen molar-refractivity contribution in [3.8, 4) is 0 Å². The van der Waals surface area contributed by atoms with Crippen LogP contribution in [0.2, 0.25) is 0 Å². The van der Waals surface area contributed by atoms with Gasteiger partial charge in [-0.05, 0) is 25.7 Å². The quantitative estimate of drug-likeness (QED) is 0.549. The zero-order valence-electron chi connectivity index (χ0n) is 7.21. The van der Waals surface area contributed by atoms with Crippen LogP contribution in [-0.2, 0) is 9.59 Å². The summed E-state index contributed by atoms with van der Waals surface area (Å²) in [5, 5.41) is 0. The van der Waals surface area contributed by atoms with Gasteiger partial charge in [0.05, 0.1) is 0 Å². The molecule has 2 rings (SSSR count). The van der Waals surface area contributed by atoms with Gasteiger partial charge >= 0.3 is 0 Å². The number of carbonyl (C=O) groups excluding carboxylic acids is 2. The smallest absolute Gasteiger partial charge is 0.136 e. The van der Waals surface area contributed by atoms with Crippen LogP contribution in [0.1, 0.15) is 38.5 Å². The molecule has 2 aliphatic rings. The second-order valence-corrected chi connectivity index (χ2v) is 3.99. The van der Waals surface area contributed by atoms with Gasteiger partial charge in [-0.1, -0.05) is 0 Å². The van der Waals surface area contributed by atoms with Gasteiger partial charge in [-0.15, -0.1) is 0 Å². The van der Waals surface area contributed by atoms with Crippen molar-refractivity contribution in [2.45, 2.75) is 38.5 Å². The highest BCUT2D eigenvalue weighted by Crippen LogP contribution is 2.34. The lowest BCUT2D eigenvalue weighted by Gasteiger charge is -2.23. The Hall–Kier alpha value is -0.660. The third-order valence-electron chi connectivity index (χ3n) is 3.19. The number of ketones is 2. The van der Waals surface area contributed by atoms with Crippen LogP contribution in [0.15, 0.2) is 0 Å². The van der Waals surface area contributed by atoms with Gasteiger partial charge in [0.25, 0.3) is 0 Å². The third-order valence-corrected chi connectivity index (χ3v) is 3.19. The molecule has 2 unspecified atom stereocenters. The number of rotatable bonds is 0. The van der Waals surface area contributed by atoms with Crippen molar-refractivity contribution in [1.82, 2.24) is 0 Å². The Morgan fingerprint density at radius 3 is 2.42 bits per heavy atom. The summed E-state index contributed by atoms with van der Waals surface area (Å²) in [6, 6.07) is 0. The molecule has 2 saturated carbocycles. The second kappa shape index (κ2) is 3.00. The van der Waals surface area contributed by atoms with E-state index in [0.717, 1.165) is 25.7 Å². The summed E-state index contributed by atoms with van der Waals surface area (Å²) >= 11 is 0. The fourth-order valence-corrected chi connectivity index (χ4v) is 2.41. The summed E-state index contributed by atoms with van der Waals surface area (Å²) in [4.78, 5) is 22.8. The van der Waals surface area contributed by atoms with Crippen LogP contribution in [0.5, 0.6) is 0 Å². The normalized spacial score (nSPS) is 36.3. The zero-order valence-corrected chi connectivity index (χ0v) is 7.21. The Labute approximate surface area is 72.3 Å². The van der Waals surface area contributed by atoms with E-state index in [1.807, 2.05) is 0 Å². The molecule has 0 radical (unpaired) electrons. The molecule has 0 saturated heterocycles. The number of fused-ring (bicyclic) bond motifs is 2. The molecule has 0 heterocycles. The van der Waals surface area contributed by atoms with Crippen molar-refractivity contribution in [2.75, 3.05) is 0 Å². The molecule has 2 nitrogen and oxygen atoms in total. The molecular weight excluding hydrogens is 152 g/mol. The maximum atomic E-state index is 11.4. The highest BCUT2D eigenvalue weighted by Gasteiger charge is 2.34. The second-order valence-electron chi connectivity index (χ2n) is 3.99. The molecule has 0 aliphatic heterocycles. The first kappa shape index (κ1) is 7.96. The first-order chi connectivity index (χ1) is 5.77. The molecule has 0 aromatic heterocycles. The van der Waals surface area contributed by atoms with Gasteiger partial charge in [0, 0.05) is 24.7 Å². The van der Waals surface area contributed by atoms with Gasteiger partial charge in [-0.25, -0.2) is 0 Å². The molecule has 2 atom stereocenters. The van der Waals surface area contributed by atoms with E-state index in [-0.39, 0.29) is 11.8 Å². The van der Waals surface area contributed by atoms with Crippen LogP contribution in [0.25, 0.3) is 0 Å². The molecule has 0 aromatic rings. The minimum absolute atomic E-state index is 0.232.